The van der Waals surface area contributed by atoms with Gasteiger partial charge in [-0.25, -0.2) is 9.64 Å². The molecule has 46 heavy (non-hydrogen) atoms. The minimum atomic E-state index is -0.702. The van der Waals surface area contributed by atoms with Crippen LogP contribution in [0.2, 0.25) is 0 Å². The fraction of sp³-hybridized carbons (Fsp3) is 0.432. The molecule has 0 unspecified atom stereocenters. The molecule has 9 heteroatoms. The summed E-state index contributed by atoms with van der Waals surface area (Å²) in [6, 6.07) is 20.2. The number of fused-ring (bicyclic) bond motifs is 1. The van der Waals surface area contributed by atoms with Gasteiger partial charge in [-0.2, -0.15) is 0 Å². The third-order valence-corrected chi connectivity index (χ3v) is 9.25. The van der Waals surface area contributed by atoms with Gasteiger partial charge in [-0.1, -0.05) is 24.3 Å². The van der Waals surface area contributed by atoms with Crippen molar-refractivity contribution in [2.24, 2.45) is 5.92 Å². The first-order valence-corrected chi connectivity index (χ1v) is 16.0. The van der Waals surface area contributed by atoms with Crippen LogP contribution in [0.5, 0.6) is 5.75 Å². The van der Waals surface area contributed by atoms with Gasteiger partial charge in [0.2, 0.25) is 11.6 Å². The van der Waals surface area contributed by atoms with Crippen LogP contribution in [-0.4, -0.2) is 80.3 Å². The Bertz CT molecular complexity index is 1670. The second-order valence-corrected chi connectivity index (χ2v) is 14.1. The van der Waals surface area contributed by atoms with E-state index in [4.69, 9.17) is 16.0 Å². The lowest BCUT2D eigenvalue weighted by atomic mass is 9.84. The summed E-state index contributed by atoms with van der Waals surface area (Å²) in [6.07, 6.45) is -0.213. The van der Waals surface area contributed by atoms with Crippen LogP contribution in [0, 0.1) is 12.5 Å². The van der Waals surface area contributed by atoms with Gasteiger partial charge in [0, 0.05) is 63.1 Å². The van der Waals surface area contributed by atoms with Crippen molar-refractivity contribution in [2.75, 3.05) is 62.7 Å². The van der Waals surface area contributed by atoms with Crippen molar-refractivity contribution >= 4 is 34.7 Å². The highest BCUT2D eigenvalue weighted by Crippen LogP contribution is 2.48. The summed E-state index contributed by atoms with van der Waals surface area (Å²) < 4.78 is 10.9. The molecule has 0 radical (unpaired) electrons. The highest BCUT2D eigenvalue weighted by molar-refractivity contribution is 6.13. The molecule has 240 valence electrons. The molecule has 3 aromatic rings. The molecule has 0 aliphatic carbocycles. The Hall–Kier alpha value is -4.55. The van der Waals surface area contributed by atoms with Crippen molar-refractivity contribution in [3.05, 3.63) is 77.6 Å². The number of benzene rings is 3. The van der Waals surface area contributed by atoms with Crippen molar-refractivity contribution in [2.45, 2.75) is 45.6 Å². The van der Waals surface area contributed by atoms with Gasteiger partial charge >= 0.3 is 6.09 Å². The summed E-state index contributed by atoms with van der Waals surface area (Å²) >= 11 is 0. The number of hydrogen-bond acceptors (Lipinski definition) is 6. The minimum Gasteiger partial charge on any atom is -0.508 e. The monoisotopic (exact) mass is 621 g/mol. The Balaban J connectivity index is 1.07. The smallest absolute Gasteiger partial charge is 0.410 e. The van der Waals surface area contributed by atoms with Gasteiger partial charge in [0.1, 0.15) is 11.4 Å². The van der Waals surface area contributed by atoms with E-state index in [9.17, 15) is 9.59 Å². The molecule has 0 spiro atoms. The van der Waals surface area contributed by atoms with Crippen molar-refractivity contribution in [1.82, 2.24) is 9.80 Å². The third kappa shape index (κ3) is 6.02. The predicted molar refractivity (Wildman–Crippen MR) is 181 cm³/mol. The molecule has 2 amide bonds. The van der Waals surface area contributed by atoms with Crippen LogP contribution in [0.3, 0.4) is 0 Å². The van der Waals surface area contributed by atoms with E-state index < -0.39 is 11.0 Å². The van der Waals surface area contributed by atoms with Crippen LogP contribution in [0.4, 0.5) is 27.5 Å². The summed E-state index contributed by atoms with van der Waals surface area (Å²) in [6.45, 7) is 23.3. The summed E-state index contributed by atoms with van der Waals surface area (Å²) in [4.78, 5) is 38.0. The SMILES string of the molecule is [C-]#[N+]c1ccc(N2C(=O)C(C)(C)c3cc(-c4ccc(N5CC(CN6CCN(C(=O)OC(C)(C)C)CC6)C5)cc4)ccc32)cc1OC. The first-order chi connectivity index (χ1) is 21.9. The Morgan fingerprint density at radius 1 is 0.935 bits per heavy atom. The molecule has 3 aliphatic rings. The lowest BCUT2D eigenvalue weighted by molar-refractivity contribution is -0.121. The number of piperazine rings is 1. The quantitative estimate of drug-likeness (QED) is 0.280. The minimum absolute atomic E-state index is 0.00938. The largest absolute Gasteiger partial charge is 0.508 e. The lowest BCUT2D eigenvalue weighted by Gasteiger charge is -2.44. The van der Waals surface area contributed by atoms with E-state index in [1.807, 2.05) is 45.6 Å². The van der Waals surface area contributed by atoms with Gasteiger partial charge < -0.3 is 19.3 Å². The standard InChI is InChI=1S/C37H43N5O4/c1-36(2,3)46-35(44)40-18-16-39(17-19-40)22-25-23-41(24-25)28-11-8-26(9-12-28)27-10-15-32-30(20-27)37(4,5)34(43)42(32)29-13-14-31(38-6)33(21-29)45-7/h8-15,20-21,25H,16-19,22-24H2,1-5,7H3. The van der Waals surface area contributed by atoms with E-state index in [1.165, 1.54) is 12.8 Å². The van der Waals surface area contributed by atoms with Crippen LogP contribution in [0.25, 0.3) is 16.0 Å². The van der Waals surface area contributed by atoms with Gasteiger partial charge in [-0.05, 0) is 87.7 Å². The predicted octanol–water partition coefficient (Wildman–Crippen LogP) is 6.86. The van der Waals surface area contributed by atoms with E-state index in [2.05, 4.69) is 51.0 Å². The molecule has 9 nitrogen and oxygen atoms in total. The Labute approximate surface area is 272 Å². The van der Waals surface area contributed by atoms with E-state index in [-0.39, 0.29) is 12.0 Å². The number of anilines is 3. The van der Waals surface area contributed by atoms with Gasteiger partial charge in [0.05, 0.1) is 24.8 Å². The number of ether oxygens (including phenoxy) is 2. The number of methoxy groups -OCH3 is 1. The second kappa shape index (κ2) is 12.0. The van der Waals surface area contributed by atoms with E-state index in [0.29, 0.717) is 36.1 Å². The molecule has 0 saturated carbocycles. The number of amides is 2. The average Bonchev–Trinajstić information content (AvgIpc) is 3.22. The molecule has 0 N–H and O–H groups in total. The zero-order chi connectivity index (χ0) is 32.8. The van der Waals surface area contributed by atoms with Gasteiger partial charge in [-0.3, -0.25) is 14.6 Å². The molecule has 0 aromatic heterocycles. The third-order valence-electron chi connectivity index (χ3n) is 9.25. The van der Waals surface area contributed by atoms with E-state index in [1.54, 1.807) is 23.1 Å². The second-order valence-electron chi connectivity index (χ2n) is 14.1. The first kappa shape index (κ1) is 31.4. The summed E-state index contributed by atoms with van der Waals surface area (Å²) in [7, 11) is 1.54. The highest BCUT2D eigenvalue weighted by Gasteiger charge is 2.45. The zero-order valence-electron chi connectivity index (χ0n) is 27.7. The van der Waals surface area contributed by atoms with Crippen LogP contribution in [-0.2, 0) is 14.9 Å². The Kier molecular flexibility index (Phi) is 8.20. The molecule has 2 fully saturated rings. The average molecular weight is 622 g/mol. The molecule has 0 atom stereocenters. The van der Waals surface area contributed by atoms with Gasteiger partial charge in [0.25, 0.3) is 0 Å². The van der Waals surface area contributed by atoms with Crippen molar-refractivity contribution in [3.63, 3.8) is 0 Å². The Morgan fingerprint density at radius 3 is 2.22 bits per heavy atom. The summed E-state index contributed by atoms with van der Waals surface area (Å²) in [5.74, 6) is 1.06. The maximum Gasteiger partial charge on any atom is 0.410 e. The molecular weight excluding hydrogens is 578 g/mol. The van der Waals surface area contributed by atoms with E-state index >= 15 is 0 Å². The van der Waals surface area contributed by atoms with Crippen molar-refractivity contribution in [3.8, 4) is 16.9 Å². The van der Waals surface area contributed by atoms with E-state index in [0.717, 1.165) is 55.1 Å². The molecule has 3 aliphatic heterocycles. The Morgan fingerprint density at radius 2 is 1.59 bits per heavy atom. The fourth-order valence-corrected chi connectivity index (χ4v) is 6.63. The van der Waals surface area contributed by atoms with Crippen LogP contribution < -0.4 is 14.5 Å². The molecule has 6 rings (SSSR count). The molecule has 3 aromatic carbocycles. The molecule has 2 saturated heterocycles. The zero-order valence-corrected chi connectivity index (χ0v) is 27.7. The van der Waals surface area contributed by atoms with Crippen LogP contribution in [0.15, 0.2) is 60.7 Å². The summed E-state index contributed by atoms with van der Waals surface area (Å²) in [5, 5.41) is 0. The number of rotatable bonds is 6. The molecule has 3 heterocycles. The maximum absolute atomic E-state index is 13.7. The topological polar surface area (TPSA) is 69.9 Å². The number of carbonyl (C=O) groups is 2. The summed E-state index contributed by atoms with van der Waals surface area (Å²) in [5.41, 5.74) is 5.16. The molecular formula is C37H43N5O4. The van der Waals surface area contributed by atoms with Gasteiger partial charge in [0.15, 0.2) is 0 Å². The van der Waals surface area contributed by atoms with Crippen LogP contribution in [0.1, 0.15) is 40.2 Å². The normalized spacial score (nSPS) is 18.2. The fourth-order valence-electron chi connectivity index (χ4n) is 6.63. The molecule has 0 bridgehead atoms. The first-order valence-electron chi connectivity index (χ1n) is 16.0. The van der Waals surface area contributed by atoms with Gasteiger partial charge in [-0.15, -0.1) is 0 Å². The number of carbonyl (C=O) groups excluding carboxylic acids is 2. The lowest BCUT2D eigenvalue weighted by Crippen LogP contribution is -2.55. The van der Waals surface area contributed by atoms with Crippen molar-refractivity contribution in [1.29, 1.82) is 0 Å². The number of nitrogens with zero attached hydrogens (tertiary/aromatic N) is 5. The van der Waals surface area contributed by atoms with Crippen LogP contribution >= 0.6 is 0 Å². The highest BCUT2D eigenvalue weighted by atomic mass is 16.6. The maximum atomic E-state index is 13.7. The van der Waals surface area contributed by atoms with Crippen molar-refractivity contribution < 1.29 is 19.1 Å². The number of hydrogen-bond donors (Lipinski definition) is 0.